The van der Waals surface area contributed by atoms with Crippen molar-refractivity contribution in [1.82, 2.24) is 20.6 Å². The highest BCUT2D eigenvalue weighted by Gasteiger charge is 2.29. The van der Waals surface area contributed by atoms with Gasteiger partial charge in [-0.25, -0.2) is 14.6 Å². The van der Waals surface area contributed by atoms with Crippen molar-refractivity contribution in [1.29, 1.82) is 0 Å². The van der Waals surface area contributed by atoms with Gasteiger partial charge in [0.1, 0.15) is 12.6 Å². The normalized spacial score (nSPS) is 13.9. The number of aliphatic hydroxyl groups is 1. The Hall–Kier alpha value is -4.18. The van der Waals surface area contributed by atoms with E-state index in [2.05, 4.69) is 20.6 Å². The first-order valence-corrected chi connectivity index (χ1v) is 11.2. The lowest BCUT2D eigenvalue weighted by molar-refractivity contribution is -0.142. The second kappa shape index (κ2) is 10.8. The lowest BCUT2D eigenvalue weighted by Gasteiger charge is -2.17. The Morgan fingerprint density at radius 1 is 1.06 bits per heavy atom. The number of carbonyl (C=O) groups is 3. The molecule has 4 rings (SSSR count). The van der Waals surface area contributed by atoms with Gasteiger partial charge in [-0.15, -0.1) is 0 Å². The third-order valence-corrected chi connectivity index (χ3v) is 5.86. The van der Waals surface area contributed by atoms with Crippen LogP contribution in [0.15, 0.2) is 61.1 Å². The van der Waals surface area contributed by atoms with E-state index in [4.69, 9.17) is 4.74 Å². The summed E-state index contributed by atoms with van der Waals surface area (Å²) in [6.07, 6.45) is 0.599. The highest BCUT2D eigenvalue weighted by molar-refractivity contribution is 5.84. The van der Waals surface area contributed by atoms with Gasteiger partial charge in [0.15, 0.2) is 0 Å². The molecule has 1 aliphatic carbocycles. The maximum atomic E-state index is 12.2. The van der Waals surface area contributed by atoms with E-state index in [9.17, 15) is 24.6 Å². The van der Waals surface area contributed by atoms with Crippen molar-refractivity contribution in [2.75, 3.05) is 13.2 Å². The van der Waals surface area contributed by atoms with Crippen LogP contribution in [0, 0.1) is 0 Å². The molecular formula is C25H26N4O6. The predicted octanol–water partition coefficient (Wildman–Crippen LogP) is 1.81. The van der Waals surface area contributed by atoms with Gasteiger partial charge in [0.25, 0.3) is 0 Å². The van der Waals surface area contributed by atoms with Crippen LogP contribution in [0.2, 0.25) is 0 Å². The summed E-state index contributed by atoms with van der Waals surface area (Å²) in [4.78, 5) is 42.4. The SMILES string of the molecule is O=C(CC(O)CNC(=O)OCC1c2ccccc2-c2ccccc21)N[C@@H](Cc1cnc[nH]1)C(=O)O. The van der Waals surface area contributed by atoms with Crippen molar-refractivity contribution < 1.29 is 29.3 Å². The molecule has 10 nitrogen and oxygen atoms in total. The van der Waals surface area contributed by atoms with Gasteiger partial charge >= 0.3 is 12.1 Å². The third-order valence-electron chi connectivity index (χ3n) is 5.86. The Balaban J connectivity index is 1.23. The van der Waals surface area contributed by atoms with Crippen LogP contribution in [0.5, 0.6) is 0 Å². The summed E-state index contributed by atoms with van der Waals surface area (Å²) in [5, 5.41) is 24.3. The summed E-state index contributed by atoms with van der Waals surface area (Å²) in [6.45, 7) is -0.0906. The molecule has 0 spiro atoms. The number of imidazole rings is 1. The number of H-pyrrole nitrogens is 1. The Labute approximate surface area is 201 Å². The average Bonchev–Trinajstić information content (AvgIpc) is 3.47. The molecule has 1 heterocycles. The number of carbonyl (C=O) groups excluding carboxylic acids is 2. The molecule has 1 aliphatic rings. The number of alkyl carbamates (subject to hydrolysis) is 1. The van der Waals surface area contributed by atoms with Crippen LogP contribution >= 0.6 is 0 Å². The molecule has 1 unspecified atom stereocenters. The average molecular weight is 479 g/mol. The highest BCUT2D eigenvalue weighted by atomic mass is 16.5. The van der Waals surface area contributed by atoms with E-state index >= 15 is 0 Å². The molecule has 2 atom stereocenters. The summed E-state index contributed by atoms with van der Waals surface area (Å²) in [5.41, 5.74) is 4.95. The van der Waals surface area contributed by atoms with E-state index in [1.165, 1.54) is 12.5 Å². The monoisotopic (exact) mass is 478 g/mol. The molecule has 0 fully saturated rings. The molecule has 1 aromatic heterocycles. The minimum absolute atomic E-state index is 0.0230. The fourth-order valence-corrected chi connectivity index (χ4v) is 4.21. The number of aliphatic carboxylic acids is 1. The zero-order chi connectivity index (χ0) is 24.8. The van der Waals surface area contributed by atoms with E-state index in [0.717, 1.165) is 22.3 Å². The molecule has 5 N–H and O–H groups in total. The molecule has 35 heavy (non-hydrogen) atoms. The quantitative estimate of drug-likeness (QED) is 0.298. The maximum absolute atomic E-state index is 12.2. The van der Waals surface area contributed by atoms with E-state index in [0.29, 0.717) is 5.69 Å². The van der Waals surface area contributed by atoms with Crippen molar-refractivity contribution in [2.45, 2.75) is 30.9 Å². The molecule has 0 aliphatic heterocycles. The van der Waals surface area contributed by atoms with Crippen molar-refractivity contribution in [3.05, 3.63) is 77.9 Å². The summed E-state index contributed by atoms with van der Waals surface area (Å²) in [7, 11) is 0. The number of carboxylic acid groups (broad SMARTS) is 1. The number of aromatic nitrogens is 2. The number of benzene rings is 2. The highest BCUT2D eigenvalue weighted by Crippen LogP contribution is 2.44. The van der Waals surface area contributed by atoms with Crippen LogP contribution in [-0.2, 0) is 20.7 Å². The molecule has 3 aromatic rings. The molecule has 2 amide bonds. The Morgan fingerprint density at radius 2 is 1.71 bits per heavy atom. The van der Waals surface area contributed by atoms with Gasteiger partial charge in [0, 0.05) is 30.8 Å². The fourth-order valence-electron chi connectivity index (χ4n) is 4.21. The van der Waals surface area contributed by atoms with Crippen LogP contribution in [0.3, 0.4) is 0 Å². The van der Waals surface area contributed by atoms with E-state index < -0.39 is 30.1 Å². The Morgan fingerprint density at radius 3 is 2.31 bits per heavy atom. The summed E-state index contributed by atoms with van der Waals surface area (Å²) in [6, 6.07) is 14.8. The first kappa shape index (κ1) is 24.0. The van der Waals surface area contributed by atoms with Gasteiger partial charge in [-0.05, 0) is 22.3 Å². The van der Waals surface area contributed by atoms with Crippen molar-refractivity contribution >= 4 is 18.0 Å². The lowest BCUT2D eigenvalue weighted by atomic mass is 9.98. The van der Waals surface area contributed by atoms with Crippen LogP contribution in [0.25, 0.3) is 11.1 Å². The summed E-state index contributed by atoms with van der Waals surface area (Å²) in [5.74, 6) is -1.95. The van der Waals surface area contributed by atoms with Crippen LogP contribution < -0.4 is 10.6 Å². The Kier molecular flexibility index (Phi) is 7.41. The number of carboxylic acids is 1. The molecule has 0 radical (unpaired) electrons. The van der Waals surface area contributed by atoms with Gasteiger partial charge in [-0.3, -0.25) is 4.79 Å². The van der Waals surface area contributed by atoms with Crippen LogP contribution in [-0.4, -0.2) is 63.4 Å². The number of ether oxygens (including phenoxy) is 1. The van der Waals surface area contributed by atoms with Gasteiger partial charge in [0.2, 0.25) is 5.91 Å². The fraction of sp³-hybridized carbons (Fsp3) is 0.280. The third kappa shape index (κ3) is 5.85. The van der Waals surface area contributed by atoms with Crippen LogP contribution in [0.4, 0.5) is 4.79 Å². The van der Waals surface area contributed by atoms with E-state index in [-0.39, 0.29) is 31.9 Å². The van der Waals surface area contributed by atoms with E-state index in [1.807, 2.05) is 48.5 Å². The second-order valence-electron chi connectivity index (χ2n) is 8.30. The number of fused-ring (bicyclic) bond motifs is 3. The van der Waals surface area contributed by atoms with Crippen molar-refractivity contribution in [3.8, 4) is 11.1 Å². The van der Waals surface area contributed by atoms with Crippen molar-refractivity contribution in [2.24, 2.45) is 0 Å². The number of hydrogen-bond donors (Lipinski definition) is 5. The number of nitrogens with zero attached hydrogens (tertiary/aromatic N) is 1. The molecule has 10 heteroatoms. The zero-order valence-corrected chi connectivity index (χ0v) is 18.8. The van der Waals surface area contributed by atoms with E-state index in [1.54, 1.807) is 0 Å². The molecular weight excluding hydrogens is 452 g/mol. The number of aromatic amines is 1. The number of hydrogen-bond acceptors (Lipinski definition) is 6. The first-order valence-electron chi connectivity index (χ1n) is 11.2. The number of nitrogens with one attached hydrogen (secondary N) is 3. The number of aliphatic hydroxyl groups excluding tert-OH is 1. The lowest BCUT2D eigenvalue weighted by Crippen LogP contribution is -2.44. The molecule has 182 valence electrons. The smallest absolute Gasteiger partial charge is 0.407 e. The largest absolute Gasteiger partial charge is 0.480 e. The molecule has 0 saturated heterocycles. The zero-order valence-electron chi connectivity index (χ0n) is 18.8. The number of amides is 2. The van der Waals surface area contributed by atoms with Gasteiger partial charge in [0.05, 0.1) is 18.9 Å². The standard InChI is InChI=1S/C25H26N4O6/c30-16(10-23(31)29-22(24(32)33)9-15-11-26-14-28-15)12-27-25(34)35-13-21-19-7-3-1-5-17(19)18-6-2-4-8-20(18)21/h1-8,11,14,16,21-22,30H,9-10,12-13H2,(H,26,28)(H,27,34)(H,29,31)(H,32,33)/t16?,22-/m0/s1. The number of rotatable bonds is 10. The van der Waals surface area contributed by atoms with Gasteiger partial charge in [-0.2, -0.15) is 0 Å². The van der Waals surface area contributed by atoms with Gasteiger partial charge < -0.3 is 30.6 Å². The minimum Gasteiger partial charge on any atom is -0.480 e. The topological polar surface area (TPSA) is 154 Å². The predicted molar refractivity (Wildman–Crippen MR) is 126 cm³/mol. The molecule has 0 saturated carbocycles. The molecule has 0 bridgehead atoms. The maximum Gasteiger partial charge on any atom is 0.407 e. The van der Waals surface area contributed by atoms with Crippen molar-refractivity contribution in [3.63, 3.8) is 0 Å². The second-order valence-corrected chi connectivity index (χ2v) is 8.30. The minimum atomic E-state index is -1.21. The summed E-state index contributed by atoms with van der Waals surface area (Å²) >= 11 is 0. The van der Waals surface area contributed by atoms with Gasteiger partial charge in [-0.1, -0.05) is 48.5 Å². The Bertz CT molecular complexity index is 1150. The summed E-state index contributed by atoms with van der Waals surface area (Å²) < 4.78 is 5.40. The first-order chi connectivity index (χ1) is 16.9. The van der Waals surface area contributed by atoms with Crippen LogP contribution in [0.1, 0.15) is 29.2 Å². The molecule has 2 aromatic carbocycles.